The van der Waals surface area contributed by atoms with Crippen molar-refractivity contribution >= 4 is 22.9 Å². The Kier molecular flexibility index (Phi) is 9.85. The van der Waals surface area contributed by atoms with Crippen LogP contribution in [0.3, 0.4) is 0 Å². The number of imidazole rings is 1. The predicted molar refractivity (Wildman–Crippen MR) is 138 cm³/mol. The van der Waals surface area contributed by atoms with Crippen LogP contribution in [0.25, 0.3) is 11.2 Å². The minimum atomic E-state index is -0.432. The summed E-state index contributed by atoms with van der Waals surface area (Å²) in [6.45, 7) is 4.87. The first-order chi connectivity index (χ1) is 16.0. The summed E-state index contributed by atoms with van der Waals surface area (Å²) < 4.78 is 3.38. The van der Waals surface area contributed by atoms with Crippen molar-refractivity contribution in [3.63, 3.8) is 0 Å². The fourth-order valence-electron chi connectivity index (χ4n) is 4.10. The maximum atomic E-state index is 12.7. The molecule has 0 spiro atoms. The highest BCUT2D eigenvalue weighted by Gasteiger charge is 2.18. The van der Waals surface area contributed by atoms with E-state index in [0.717, 1.165) is 22.9 Å². The first-order valence-electron chi connectivity index (χ1n) is 12.4. The lowest BCUT2D eigenvalue weighted by Gasteiger charge is -2.09. The summed E-state index contributed by atoms with van der Waals surface area (Å²) in [6.07, 6.45) is 13.1. The molecule has 6 nitrogen and oxygen atoms in total. The SMILES string of the molecule is CCCCCCCCCCCCSc1nc2c(c(=O)[nH]c(=O)n2C)n1Cc1ccc(C)cc1. The highest BCUT2D eigenvalue weighted by atomic mass is 32.2. The molecule has 0 aliphatic carbocycles. The molecular formula is C26H38N4O2S. The molecule has 7 heteroatoms. The van der Waals surface area contributed by atoms with Crippen LogP contribution in [0.2, 0.25) is 0 Å². The molecule has 2 heterocycles. The Balaban J connectivity index is 1.61. The minimum absolute atomic E-state index is 0.376. The highest BCUT2D eigenvalue weighted by molar-refractivity contribution is 7.99. The average Bonchev–Trinajstić information content (AvgIpc) is 3.16. The van der Waals surface area contributed by atoms with Gasteiger partial charge in [-0.2, -0.15) is 0 Å². The van der Waals surface area contributed by atoms with Gasteiger partial charge in [-0.3, -0.25) is 14.3 Å². The molecule has 0 fully saturated rings. The Morgan fingerprint density at radius 1 is 0.909 bits per heavy atom. The summed E-state index contributed by atoms with van der Waals surface area (Å²) >= 11 is 1.68. The van der Waals surface area contributed by atoms with E-state index in [2.05, 4.69) is 43.1 Å². The van der Waals surface area contributed by atoms with Crippen molar-refractivity contribution in [2.45, 2.75) is 89.8 Å². The van der Waals surface area contributed by atoms with Crippen LogP contribution in [0.15, 0.2) is 39.0 Å². The fraction of sp³-hybridized carbons (Fsp3) is 0.577. The monoisotopic (exact) mass is 470 g/mol. The van der Waals surface area contributed by atoms with Gasteiger partial charge in [0.25, 0.3) is 5.56 Å². The maximum Gasteiger partial charge on any atom is 0.329 e. The predicted octanol–water partition coefficient (Wildman–Crippen LogP) is 5.79. The Labute approximate surface area is 200 Å². The van der Waals surface area contributed by atoms with Crippen LogP contribution in [-0.2, 0) is 13.6 Å². The molecule has 0 saturated heterocycles. The van der Waals surface area contributed by atoms with Crippen molar-refractivity contribution in [3.05, 3.63) is 56.2 Å². The number of hydrogen-bond acceptors (Lipinski definition) is 4. The summed E-state index contributed by atoms with van der Waals surface area (Å²) in [5.74, 6) is 0.958. The molecule has 0 amide bonds. The van der Waals surface area contributed by atoms with Crippen LogP contribution < -0.4 is 11.2 Å². The van der Waals surface area contributed by atoms with Gasteiger partial charge in [0, 0.05) is 12.8 Å². The highest BCUT2D eigenvalue weighted by Crippen LogP contribution is 2.24. The molecular weight excluding hydrogens is 432 g/mol. The van der Waals surface area contributed by atoms with Crippen molar-refractivity contribution in [2.24, 2.45) is 7.05 Å². The number of aryl methyl sites for hydroxylation is 2. The number of nitrogens with one attached hydrogen (secondary N) is 1. The van der Waals surface area contributed by atoms with Crippen molar-refractivity contribution in [1.82, 2.24) is 19.1 Å². The van der Waals surface area contributed by atoms with Gasteiger partial charge in [0.1, 0.15) is 0 Å². The molecule has 3 rings (SSSR count). The van der Waals surface area contributed by atoms with Crippen LogP contribution in [-0.4, -0.2) is 24.9 Å². The topological polar surface area (TPSA) is 72.7 Å². The Morgan fingerprint density at radius 3 is 2.15 bits per heavy atom. The lowest BCUT2D eigenvalue weighted by Crippen LogP contribution is -2.29. The summed E-state index contributed by atoms with van der Waals surface area (Å²) in [4.78, 5) is 31.9. The van der Waals surface area contributed by atoms with Gasteiger partial charge in [0.2, 0.25) is 0 Å². The zero-order valence-electron chi connectivity index (χ0n) is 20.4. The number of aromatic nitrogens is 4. The first-order valence-corrected chi connectivity index (χ1v) is 13.4. The molecule has 0 atom stereocenters. The van der Waals surface area contributed by atoms with Gasteiger partial charge in [-0.25, -0.2) is 9.78 Å². The van der Waals surface area contributed by atoms with Crippen LogP contribution in [0.5, 0.6) is 0 Å². The van der Waals surface area contributed by atoms with Gasteiger partial charge in [0.15, 0.2) is 16.3 Å². The molecule has 0 radical (unpaired) electrons. The van der Waals surface area contributed by atoms with E-state index in [1.165, 1.54) is 67.9 Å². The van der Waals surface area contributed by atoms with Gasteiger partial charge >= 0.3 is 5.69 Å². The second-order valence-electron chi connectivity index (χ2n) is 8.99. The van der Waals surface area contributed by atoms with E-state index in [1.54, 1.807) is 18.8 Å². The number of hydrogen-bond donors (Lipinski definition) is 1. The lowest BCUT2D eigenvalue weighted by atomic mass is 10.1. The third kappa shape index (κ3) is 7.10. The van der Waals surface area contributed by atoms with Crippen LogP contribution in [0.1, 0.15) is 82.3 Å². The van der Waals surface area contributed by atoms with E-state index < -0.39 is 5.69 Å². The number of unbranched alkanes of at least 4 members (excludes halogenated alkanes) is 9. The lowest BCUT2D eigenvalue weighted by molar-refractivity contribution is 0.563. The van der Waals surface area contributed by atoms with E-state index in [-0.39, 0.29) is 5.56 Å². The van der Waals surface area contributed by atoms with E-state index in [4.69, 9.17) is 4.98 Å². The minimum Gasteiger partial charge on any atom is -0.309 e. The fourth-order valence-corrected chi connectivity index (χ4v) is 5.09. The van der Waals surface area contributed by atoms with Crippen molar-refractivity contribution in [1.29, 1.82) is 0 Å². The molecule has 2 aromatic heterocycles. The molecule has 33 heavy (non-hydrogen) atoms. The summed E-state index contributed by atoms with van der Waals surface area (Å²) in [5.41, 5.74) is 2.40. The van der Waals surface area contributed by atoms with Gasteiger partial charge in [-0.15, -0.1) is 0 Å². The van der Waals surface area contributed by atoms with E-state index >= 15 is 0 Å². The normalized spacial score (nSPS) is 11.5. The number of thioether (sulfide) groups is 1. The summed E-state index contributed by atoms with van der Waals surface area (Å²) in [7, 11) is 1.65. The van der Waals surface area contributed by atoms with Crippen molar-refractivity contribution in [3.8, 4) is 0 Å². The molecule has 0 aliphatic heterocycles. The zero-order valence-corrected chi connectivity index (χ0v) is 21.2. The summed E-state index contributed by atoms with van der Waals surface area (Å²) in [6, 6.07) is 8.30. The molecule has 180 valence electrons. The number of aromatic amines is 1. The molecule has 1 N–H and O–H groups in total. The second kappa shape index (κ2) is 12.8. The summed E-state index contributed by atoms with van der Waals surface area (Å²) in [5, 5.41) is 0.799. The zero-order chi connectivity index (χ0) is 23.6. The van der Waals surface area contributed by atoms with E-state index in [1.807, 2.05) is 4.57 Å². The average molecular weight is 471 g/mol. The Hall–Kier alpha value is -2.28. The van der Waals surface area contributed by atoms with Crippen molar-refractivity contribution in [2.75, 3.05) is 5.75 Å². The van der Waals surface area contributed by atoms with Gasteiger partial charge in [-0.1, -0.05) is 106 Å². The third-order valence-electron chi connectivity index (χ3n) is 6.16. The quantitative estimate of drug-likeness (QED) is 0.239. The van der Waals surface area contributed by atoms with Crippen LogP contribution in [0.4, 0.5) is 0 Å². The standard InChI is InChI=1S/C26H38N4O2S/c1-4-5-6-7-8-9-10-11-12-13-18-33-26-27-23-22(24(31)28-25(32)29(23)3)30(26)19-21-16-14-20(2)15-17-21/h14-17H,4-13,18-19H2,1-3H3,(H,28,31,32). The molecule has 0 bridgehead atoms. The Bertz CT molecular complexity index is 1130. The largest absolute Gasteiger partial charge is 0.329 e. The van der Waals surface area contributed by atoms with Crippen molar-refractivity contribution < 1.29 is 0 Å². The van der Waals surface area contributed by atoms with E-state index in [9.17, 15) is 9.59 Å². The number of rotatable bonds is 14. The second-order valence-corrected chi connectivity index (χ2v) is 10.0. The number of nitrogens with zero attached hydrogens (tertiary/aromatic N) is 3. The number of H-pyrrole nitrogens is 1. The van der Waals surface area contributed by atoms with E-state index in [0.29, 0.717) is 17.7 Å². The van der Waals surface area contributed by atoms with Gasteiger partial charge in [-0.05, 0) is 18.9 Å². The molecule has 3 aromatic rings. The van der Waals surface area contributed by atoms with Gasteiger partial charge < -0.3 is 4.57 Å². The molecule has 1 aromatic carbocycles. The molecule has 0 aliphatic rings. The van der Waals surface area contributed by atoms with Crippen LogP contribution in [0, 0.1) is 6.92 Å². The first kappa shape index (κ1) is 25.3. The third-order valence-corrected chi connectivity index (χ3v) is 7.23. The molecule has 0 unspecified atom stereocenters. The number of benzene rings is 1. The number of fused-ring (bicyclic) bond motifs is 1. The molecule has 0 saturated carbocycles. The van der Waals surface area contributed by atoms with Gasteiger partial charge in [0.05, 0.1) is 6.54 Å². The Morgan fingerprint density at radius 2 is 1.52 bits per heavy atom. The van der Waals surface area contributed by atoms with Crippen LogP contribution >= 0.6 is 11.8 Å². The smallest absolute Gasteiger partial charge is 0.309 e. The maximum absolute atomic E-state index is 12.7.